The van der Waals surface area contributed by atoms with Crippen molar-refractivity contribution in [3.05, 3.63) is 30.3 Å². The molecular formula is C16H21BN2O5S2. The van der Waals surface area contributed by atoms with Crippen molar-refractivity contribution in [1.29, 1.82) is 0 Å². The monoisotopic (exact) mass is 396 g/mol. The molecule has 0 saturated heterocycles. The van der Waals surface area contributed by atoms with Crippen LogP contribution in [0, 0.1) is 16.7 Å². The molecule has 2 fully saturated rings. The van der Waals surface area contributed by atoms with Gasteiger partial charge < -0.3 is 0 Å². The average molecular weight is 396 g/mol. The van der Waals surface area contributed by atoms with Crippen LogP contribution in [0.4, 0.5) is 0 Å². The first-order chi connectivity index (χ1) is 11.9. The first kappa shape index (κ1) is 19.4. The van der Waals surface area contributed by atoms with E-state index in [0.29, 0.717) is 18.6 Å². The number of fused-ring (bicyclic) bond motifs is 2. The van der Waals surface area contributed by atoms with Crippen LogP contribution < -0.4 is 4.83 Å². The summed E-state index contributed by atoms with van der Waals surface area (Å²) in [7, 11) is -1.79. The predicted octanol–water partition coefficient (Wildman–Crippen LogP) is 1.60. The van der Waals surface area contributed by atoms with Crippen molar-refractivity contribution in [3.8, 4) is 0 Å². The third-order valence-corrected chi connectivity index (χ3v) is 8.36. The fourth-order valence-electron chi connectivity index (χ4n) is 4.62. The average Bonchev–Trinajstić information content (AvgIpc) is 2.85. The van der Waals surface area contributed by atoms with Gasteiger partial charge in [-0.25, -0.2) is 4.83 Å². The molecule has 2 bridgehead atoms. The number of nitrogens with one attached hydrogen (secondary N) is 1. The Bertz CT molecular complexity index is 948. The summed E-state index contributed by atoms with van der Waals surface area (Å²) in [4.78, 5) is 2.30. The summed E-state index contributed by atoms with van der Waals surface area (Å²) in [5.74, 6) is -1.20. The van der Waals surface area contributed by atoms with Crippen molar-refractivity contribution in [2.24, 2.45) is 21.8 Å². The number of benzene rings is 1. The van der Waals surface area contributed by atoms with Gasteiger partial charge in [0, 0.05) is 11.1 Å². The van der Waals surface area contributed by atoms with Crippen LogP contribution in [0.1, 0.15) is 26.7 Å². The lowest BCUT2D eigenvalue weighted by atomic mass is 9.69. The fourth-order valence-corrected chi connectivity index (χ4v) is 6.75. The minimum absolute atomic E-state index is 0.0759. The third kappa shape index (κ3) is 2.97. The molecule has 1 aromatic carbocycles. The van der Waals surface area contributed by atoms with Gasteiger partial charge in [0.2, 0.25) is 0 Å². The lowest BCUT2D eigenvalue weighted by Gasteiger charge is -2.37. The molecule has 10 heteroatoms. The van der Waals surface area contributed by atoms with Crippen molar-refractivity contribution >= 4 is 33.7 Å². The Labute approximate surface area is 155 Å². The SMILES string of the molecule is [B][C@@H]1/C(=N/NS(=O)(=O)c2ccccc2)C2(C)CCC1C2(C)CS(=O)(=O)O. The zero-order valence-corrected chi connectivity index (χ0v) is 16.2. The highest BCUT2D eigenvalue weighted by atomic mass is 32.2. The van der Waals surface area contributed by atoms with Crippen molar-refractivity contribution in [3.63, 3.8) is 0 Å². The van der Waals surface area contributed by atoms with E-state index < -0.39 is 42.5 Å². The normalized spacial score (nSPS) is 35.7. The second-order valence-corrected chi connectivity index (χ2v) is 10.7. The molecule has 26 heavy (non-hydrogen) atoms. The quantitative estimate of drug-likeness (QED) is 0.446. The minimum Gasteiger partial charge on any atom is -0.286 e. The number of sulfonamides is 1. The molecule has 0 aliphatic heterocycles. The van der Waals surface area contributed by atoms with Crippen molar-refractivity contribution in [2.45, 2.75) is 37.4 Å². The summed E-state index contributed by atoms with van der Waals surface area (Å²) in [6, 6.07) is 7.82. The van der Waals surface area contributed by atoms with Gasteiger partial charge in [0.25, 0.3) is 20.1 Å². The summed E-state index contributed by atoms with van der Waals surface area (Å²) >= 11 is 0. The van der Waals surface area contributed by atoms with E-state index in [9.17, 15) is 21.4 Å². The second kappa shape index (κ2) is 6.07. The molecule has 4 atom stereocenters. The van der Waals surface area contributed by atoms with Crippen LogP contribution >= 0.6 is 0 Å². The maximum Gasteiger partial charge on any atom is 0.276 e. The topological polar surface area (TPSA) is 113 Å². The van der Waals surface area contributed by atoms with Gasteiger partial charge in [-0.3, -0.25) is 4.55 Å². The first-order valence-corrected chi connectivity index (χ1v) is 11.4. The van der Waals surface area contributed by atoms with Gasteiger partial charge in [0.1, 0.15) is 0 Å². The molecule has 2 N–H and O–H groups in total. The molecule has 3 unspecified atom stereocenters. The first-order valence-electron chi connectivity index (χ1n) is 8.26. The van der Waals surface area contributed by atoms with Crippen LogP contribution in [0.25, 0.3) is 0 Å². The standard InChI is InChI=1S/C16H21BN2O5S2/c1-15-9-8-12(16(15,2)10-25(20,21)22)13(17)14(15)18-19-26(23,24)11-6-4-3-5-7-11/h3-7,12-13,19H,8-10H2,1-2H3,(H,20,21,22)/b18-14-/t12?,13-,15?,16?/m0/s1. The number of hydrogen-bond donors (Lipinski definition) is 2. The molecule has 2 saturated carbocycles. The maximum atomic E-state index is 12.4. The highest BCUT2D eigenvalue weighted by Crippen LogP contribution is 2.67. The third-order valence-electron chi connectivity index (χ3n) is 6.17. The van der Waals surface area contributed by atoms with Crippen molar-refractivity contribution in [2.75, 3.05) is 5.75 Å². The molecule has 0 amide bonds. The van der Waals surface area contributed by atoms with Crippen LogP contribution in [-0.2, 0) is 20.1 Å². The fraction of sp³-hybridized carbons (Fsp3) is 0.562. The van der Waals surface area contributed by atoms with Gasteiger partial charge in [-0.15, -0.1) is 0 Å². The van der Waals surface area contributed by atoms with Gasteiger partial charge in [-0.1, -0.05) is 32.0 Å². The van der Waals surface area contributed by atoms with Gasteiger partial charge in [0.15, 0.2) is 0 Å². The van der Waals surface area contributed by atoms with Crippen LogP contribution in [0.2, 0.25) is 5.82 Å². The highest BCUT2D eigenvalue weighted by Gasteiger charge is 2.66. The molecule has 2 aliphatic carbocycles. The van der Waals surface area contributed by atoms with E-state index >= 15 is 0 Å². The molecule has 0 spiro atoms. The number of nitrogens with zero attached hydrogens (tertiary/aromatic N) is 1. The van der Waals surface area contributed by atoms with Gasteiger partial charge in [-0.2, -0.15) is 21.9 Å². The maximum absolute atomic E-state index is 12.4. The molecule has 3 rings (SSSR count). The molecule has 140 valence electrons. The number of hydrazone groups is 1. The van der Waals surface area contributed by atoms with Crippen LogP contribution in [0.15, 0.2) is 40.3 Å². The lowest BCUT2D eigenvalue weighted by molar-refractivity contribution is 0.193. The van der Waals surface area contributed by atoms with E-state index in [4.69, 9.17) is 7.85 Å². The van der Waals surface area contributed by atoms with E-state index in [1.54, 1.807) is 25.1 Å². The van der Waals surface area contributed by atoms with E-state index in [0.717, 1.165) is 0 Å². The molecule has 0 heterocycles. The van der Waals surface area contributed by atoms with E-state index in [-0.39, 0.29) is 10.8 Å². The molecular weight excluding hydrogens is 375 g/mol. The Kier molecular flexibility index (Phi) is 4.52. The Morgan fingerprint density at radius 1 is 1.23 bits per heavy atom. The van der Waals surface area contributed by atoms with Crippen molar-refractivity contribution in [1.82, 2.24) is 4.83 Å². The Hall–Kier alpha value is -1.39. The molecule has 2 radical (unpaired) electrons. The lowest BCUT2D eigenvalue weighted by Crippen LogP contribution is -2.41. The smallest absolute Gasteiger partial charge is 0.276 e. The second-order valence-electron chi connectivity index (χ2n) is 7.55. The molecule has 7 nitrogen and oxygen atoms in total. The summed E-state index contributed by atoms with van der Waals surface area (Å²) < 4.78 is 57.2. The van der Waals surface area contributed by atoms with Crippen LogP contribution in [0.5, 0.6) is 0 Å². The Morgan fingerprint density at radius 3 is 2.42 bits per heavy atom. The van der Waals surface area contributed by atoms with Crippen LogP contribution in [0.3, 0.4) is 0 Å². The summed E-state index contributed by atoms with van der Waals surface area (Å²) in [5.41, 5.74) is -1.09. The van der Waals surface area contributed by atoms with Gasteiger partial charge >= 0.3 is 0 Å². The van der Waals surface area contributed by atoms with E-state index in [1.807, 2.05) is 6.92 Å². The minimum atomic E-state index is -4.21. The zero-order valence-electron chi connectivity index (χ0n) is 14.6. The van der Waals surface area contributed by atoms with Crippen LogP contribution in [-0.4, -0.2) is 40.7 Å². The highest BCUT2D eigenvalue weighted by molar-refractivity contribution is 7.89. The van der Waals surface area contributed by atoms with Gasteiger partial charge in [-0.05, 0) is 42.1 Å². The summed E-state index contributed by atoms with van der Waals surface area (Å²) in [6.45, 7) is 3.60. The van der Waals surface area contributed by atoms with Crippen molar-refractivity contribution < 1.29 is 21.4 Å². The largest absolute Gasteiger partial charge is 0.286 e. The zero-order chi connectivity index (χ0) is 19.4. The van der Waals surface area contributed by atoms with E-state index in [2.05, 4.69) is 9.93 Å². The number of hydrogen-bond acceptors (Lipinski definition) is 5. The Morgan fingerprint density at radius 2 is 1.85 bits per heavy atom. The predicted molar refractivity (Wildman–Crippen MR) is 99.1 cm³/mol. The molecule has 0 aromatic heterocycles. The Balaban J connectivity index is 1.95. The number of rotatable bonds is 5. The molecule has 1 aromatic rings. The van der Waals surface area contributed by atoms with E-state index in [1.165, 1.54) is 12.1 Å². The van der Waals surface area contributed by atoms with Gasteiger partial charge in [0.05, 0.1) is 18.5 Å². The summed E-state index contributed by atoms with van der Waals surface area (Å²) in [5, 5.41) is 4.11. The molecule has 2 aliphatic rings. The summed E-state index contributed by atoms with van der Waals surface area (Å²) in [6.07, 6.45) is 1.33.